The van der Waals surface area contributed by atoms with Crippen molar-refractivity contribution in [2.45, 2.75) is 45.8 Å². The highest BCUT2D eigenvalue weighted by Gasteiger charge is 2.43. The van der Waals surface area contributed by atoms with Gasteiger partial charge >= 0.3 is 0 Å². The predicted molar refractivity (Wildman–Crippen MR) is 102 cm³/mol. The minimum Gasteiger partial charge on any atom is -0.511 e. The number of hydrogen-bond acceptors (Lipinski definition) is 5. The second-order valence-corrected chi connectivity index (χ2v) is 7.16. The number of hydrogen-bond donors (Lipinski definition) is 4. The number of phenols is 1. The quantitative estimate of drug-likeness (QED) is 0.254. The van der Waals surface area contributed by atoms with Crippen LogP contribution in [0.15, 0.2) is 47.7 Å². The van der Waals surface area contributed by atoms with Crippen LogP contribution in [-0.4, -0.2) is 33.1 Å². The summed E-state index contributed by atoms with van der Waals surface area (Å²) in [5.41, 5.74) is 0.115. The summed E-state index contributed by atoms with van der Waals surface area (Å²) in [5.74, 6) is -1.55. The molecule has 0 aliphatic carbocycles. The molecule has 1 aromatic rings. The van der Waals surface area contributed by atoms with Crippen LogP contribution in [0.5, 0.6) is 5.75 Å². The van der Waals surface area contributed by atoms with E-state index in [1.54, 1.807) is 6.92 Å². The first-order valence-corrected chi connectivity index (χ1v) is 9.12. The summed E-state index contributed by atoms with van der Waals surface area (Å²) in [5, 5.41) is 32.8. The van der Waals surface area contributed by atoms with E-state index in [1.807, 2.05) is 26.0 Å². The lowest BCUT2D eigenvalue weighted by Crippen LogP contribution is -2.35. The van der Waals surface area contributed by atoms with E-state index in [-0.39, 0.29) is 28.9 Å². The highest BCUT2D eigenvalue weighted by Crippen LogP contribution is 2.29. The van der Waals surface area contributed by atoms with Crippen LogP contribution in [0.4, 0.5) is 0 Å². The Labute approximate surface area is 159 Å². The number of phenolic OH excluding ortho intramolecular Hbond substituents is 1. The number of carbonyl (C=O) groups is 2. The van der Waals surface area contributed by atoms with Crippen molar-refractivity contribution in [2.24, 2.45) is 11.8 Å². The van der Waals surface area contributed by atoms with Crippen LogP contribution >= 0.6 is 0 Å². The number of aromatic hydroxyl groups is 1. The summed E-state index contributed by atoms with van der Waals surface area (Å²) in [4.78, 5) is 25.0. The first-order valence-electron chi connectivity index (χ1n) is 9.12. The molecule has 1 heterocycles. The normalized spacial score (nSPS) is 22.6. The van der Waals surface area contributed by atoms with Crippen molar-refractivity contribution in [3.63, 3.8) is 0 Å². The van der Waals surface area contributed by atoms with Crippen molar-refractivity contribution in [1.82, 2.24) is 5.32 Å². The highest BCUT2D eigenvalue weighted by atomic mass is 16.3. The van der Waals surface area contributed by atoms with Gasteiger partial charge in [-0.3, -0.25) is 9.59 Å². The summed E-state index contributed by atoms with van der Waals surface area (Å²) in [6, 6.07) is 4.58. The molecule has 0 saturated carbocycles. The van der Waals surface area contributed by atoms with Crippen LogP contribution in [0.1, 0.15) is 45.3 Å². The molecule has 0 aromatic heterocycles. The molecule has 6 nitrogen and oxygen atoms in total. The summed E-state index contributed by atoms with van der Waals surface area (Å²) in [6.45, 7) is 5.76. The van der Waals surface area contributed by atoms with Crippen LogP contribution in [0, 0.1) is 11.8 Å². The summed E-state index contributed by atoms with van der Waals surface area (Å²) < 4.78 is 0. The van der Waals surface area contributed by atoms with Crippen LogP contribution in [0.3, 0.4) is 0 Å². The molecule has 0 radical (unpaired) electrons. The zero-order valence-corrected chi connectivity index (χ0v) is 15.8. The Hall–Kier alpha value is -2.60. The van der Waals surface area contributed by atoms with Gasteiger partial charge in [0.1, 0.15) is 29.2 Å². The maximum atomic E-state index is 12.7. The number of Topliss-reactive ketones (excluding diaryl/α,β-unsaturated/α-hetero) is 1. The molecule has 1 aliphatic rings. The lowest BCUT2D eigenvalue weighted by Gasteiger charge is -2.17. The maximum Gasteiger partial charge on any atom is 0.259 e. The van der Waals surface area contributed by atoms with Gasteiger partial charge in [-0.2, -0.15) is 0 Å². The molecule has 1 fully saturated rings. The average Bonchev–Trinajstić information content (AvgIpc) is 2.93. The number of benzene rings is 1. The van der Waals surface area contributed by atoms with Gasteiger partial charge in [0.15, 0.2) is 5.78 Å². The largest absolute Gasteiger partial charge is 0.511 e. The van der Waals surface area contributed by atoms with Crippen molar-refractivity contribution >= 4 is 11.7 Å². The first kappa shape index (κ1) is 20.7. The van der Waals surface area contributed by atoms with Crippen molar-refractivity contribution in [3.05, 3.63) is 53.3 Å². The molecule has 6 heteroatoms. The maximum absolute atomic E-state index is 12.7. The Morgan fingerprint density at radius 2 is 1.85 bits per heavy atom. The number of nitrogens with one attached hydrogen (secondary N) is 1. The van der Waals surface area contributed by atoms with Gasteiger partial charge in [0, 0.05) is 5.92 Å². The SMILES string of the molecule is CC=CC[C@H](C)C[C@@H](C)C(O)=C1C(=O)N[C@H]([C@@H](O)c2ccc(O)cc2)C1=O. The molecular formula is C21H27NO5. The van der Waals surface area contributed by atoms with E-state index in [4.69, 9.17) is 0 Å². The molecule has 27 heavy (non-hydrogen) atoms. The minimum absolute atomic E-state index is 0.0341. The van der Waals surface area contributed by atoms with Gasteiger partial charge in [0.05, 0.1) is 0 Å². The van der Waals surface area contributed by atoms with Gasteiger partial charge < -0.3 is 20.6 Å². The van der Waals surface area contributed by atoms with Crippen LogP contribution in [0.2, 0.25) is 0 Å². The third-order valence-electron chi connectivity index (χ3n) is 4.85. The summed E-state index contributed by atoms with van der Waals surface area (Å²) in [7, 11) is 0. The first-order chi connectivity index (χ1) is 12.8. The van der Waals surface area contributed by atoms with E-state index in [0.29, 0.717) is 12.0 Å². The average molecular weight is 373 g/mol. The predicted octanol–water partition coefficient (Wildman–Crippen LogP) is 2.93. The van der Waals surface area contributed by atoms with Crippen molar-refractivity contribution in [3.8, 4) is 5.75 Å². The molecule has 0 unspecified atom stereocenters. The van der Waals surface area contributed by atoms with E-state index >= 15 is 0 Å². The second kappa shape index (κ2) is 8.86. The molecule has 146 valence electrons. The van der Waals surface area contributed by atoms with Gasteiger partial charge in [0.25, 0.3) is 5.91 Å². The van der Waals surface area contributed by atoms with Gasteiger partial charge in [-0.25, -0.2) is 0 Å². The Balaban J connectivity index is 2.18. The zero-order valence-electron chi connectivity index (χ0n) is 15.8. The van der Waals surface area contributed by atoms with E-state index < -0.39 is 23.8 Å². The van der Waals surface area contributed by atoms with Crippen LogP contribution in [0.25, 0.3) is 0 Å². The number of aliphatic hydroxyl groups excluding tert-OH is 2. The summed E-state index contributed by atoms with van der Waals surface area (Å²) in [6.07, 6.45) is 4.22. The zero-order chi connectivity index (χ0) is 20.1. The molecule has 4 atom stereocenters. The molecule has 1 aromatic carbocycles. The monoisotopic (exact) mass is 373 g/mol. The number of rotatable bonds is 7. The lowest BCUT2D eigenvalue weighted by molar-refractivity contribution is -0.118. The van der Waals surface area contributed by atoms with E-state index in [9.17, 15) is 24.9 Å². The highest BCUT2D eigenvalue weighted by molar-refractivity contribution is 6.27. The fourth-order valence-electron chi connectivity index (χ4n) is 3.30. The third-order valence-corrected chi connectivity index (χ3v) is 4.85. The minimum atomic E-state index is -1.27. The van der Waals surface area contributed by atoms with Crippen molar-refractivity contribution in [2.75, 3.05) is 0 Å². The molecule has 1 aliphatic heterocycles. The van der Waals surface area contributed by atoms with Crippen molar-refractivity contribution in [1.29, 1.82) is 0 Å². The van der Waals surface area contributed by atoms with E-state index in [2.05, 4.69) is 5.32 Å². The number of amides is 1. The Bertz CT molecular complexity index is 750. The van der Waals surface area contributed by atoms with Crippen molar-refractivity contribution < 1.29 is 24.9 Å². The Kier molecular flexibility index (Phi) is 6.80. The fraction of sp³-hybridized carbons (Fsp3) is 0.429. The number of carbonyl (C=O) groups excluding carboxylic acids is 2. The van der Waals surface area contributed by atoms with Gasteiger partial charge in [-0.05, 0) is 43.4 Å². The molecule has 1 saturated heterocycles. The van der Waals surface area contributed by atoms with Crippen LogP contribution < -0.4 is 5.32 Å². The Morgan fingerprint density at radius 1 is 1.22 bits per heavy atom. The van der Waals surface area contributed by atoms with Gasteiger partial charge in [-0.1, -0.05) is 38.1 Å². The molecule has 2 rings (SSSR count). The lowest BCUT2D eigenvalue weighted by atomic mass is 9.90. The number of allylic oxidation sites excluding steroid dienone is 3. The van der Waals surface area contributed by atoms with Crippen LogP contribution in [-0.2, 0) is 9.59 Å². The topological polar surface area (TPSA) is 107 Å². The van der Waals surface area contributed by atoms with E-state index in [0.717, 1.165) is 6.42 Å². The number of ketones is 1. The standard InChI is InChI=1S/C21H27NO5/c1-4-5-6-12(2)11-13(3)18(24)16-20(26)17(22-21(16)27)19(25)14-7-9-15(23)10-8-14/h4-5,7-10,12-13,17,19,23-25H,6,11H2,1-3H3,(H,22,27)/t12-,13+,17+,19-/m0/s1. The smallest absolute Gasteiger partial charge is 0.259 e. The number of aliphatic hydroxyl groups is 2. The molecule has 1 amide bonds. The summed E-state index contributed by atoms with van der Waals surface area (Å²) >= 11 is 0. The molecule has 0 spiro atoms. The third kappa shape index (κ3) is 4.77. The van der Waals surface area contributed by atoms with Gasteiger partial charge in [-0.15, -0.1) is 0 Å². The van der Waals surface area contributed by atoms with E-state index in [1.165, 1.54) is 24.3 Å². The molecular weight excluding hydrogens is 346 g/mol. The Morgan fingerprint density at radius 3 is 2.44 bits per heavy atom. The molecule has 0 bridgehead atoms. The second-order valence-electron chi connectivity index (χ2n) is 7.16. The molecule has 4 N–H and O–H groups in total. The van der Waals surface area contributed by atoms with Gasteiger partial charge in [0.2, 0.25) is 0 Å². The fourth-order valence-corrected chi connectivity index (χ4v) is 3.30.